The first kappa shape index (κ1) is 21.4. The summed E-state index contributed by atoms with van der Waals surface area (Å²) in [5.41, 5.74) is 1.29. The second-order valence-corrected chi connectivity index (χ2v) is 6.92. The van der Waals surface area contributed by atoms with Crippen LogP contribution >= 0.6 is 0 Å². The van der Waals surface area contributed by atoms with Crippen LogP contribution in [0.4, 0.5) is 0 Å². The van der Waals surface area contributed by atoms with Crippen molar-refractivity contribution in [2.24, 2.45) is 12.0 Å². The Morgan fingerprint density at radius 2 is 2.04 bits per heavy atom. The van der Waals surface area contributed by atoms with Crippen molar-refractivity contribution in [3.8, 4) is 0 Å². The van der Waals surface area contributed by atoms with Gasteiger partial charge in [-0.05, 0) is 32.9 Å². The number of amides is 1. The number of nitrogens with one attached hydrogen (secondary N) is 3. The van der Waals surface area contributed by atoms with Crippen molar-refractivity contribution in [1.82, 2.24) is 25.7 Å². The van der Waals surface area contributed by atoms with Gasteiger partial charge in [0.25, 0.3) is 5.91 Å². The molecule has 0 aliphatic carbocycles. The number of hydrogen-bond donors (Lipinski definition) is 4. The summed E-state index contributed by atoms with van der Waals surface area (Å²) >= 11 is 0. The minimum Gasteiger partial charge on any atom is -0.383 e. The van der Waals surface area contributed by atoms with E-state index in [1.54, 1.807) is 37.1 Å². The molecular weight excluding hydrogens is 356 g/mol. The summed E-state index contributed by atoms with van der Waals surface area (Å²) < 4.78 is 1.65. The predicted molar refractivity (Wildman–Crippen MR) is 110 cm³/mol. The second-order valence-electron chi connectivity index (χ2n) is 6.92. The predicted octanol–water partition coefficient (Wildman–Crippen LogP) is 0.921. The molecule has 0 saturated heterocycles. The fourth-order valence-corrected chi connectivity index (χ4v) is 2.61. The van der Waals surface area contributed by atoms with Crippen molar-refractivity contribution in [3.63, 3.8) is 0 Å². The van der Waals surface area contributed by atoms with E-state index in [9.17, 15) is 9.90 Å². The van der Waals surface area contributed by atoms with Crippen molar-refractivity contribution in [2.45, 2.75) is 26.4 Å². The zero-order chi connectivity index (χ0) is 20.6. The van der Waals surface area contributed by atoms with Crippen LogP contribution in [0.25, 0.3) is 0 Å². The molecule has 1 heterocycles. The lowest BCUT2D eigenvalue weighted by Gasteiger charge is -2.20. The molecule has 152 valence electrons. The number of aryl methyl sites for hydroxylation is 2. The number of guanidine groups is 1. The van der Waals surface area contributed by atoms with E-state index in [2.05, 4.69) is 26.0 Å². The number of rotatable bonds is 8. The lowest BCUT2D eigenvalue weighted by Crippen LogP contribution is -2.42. The average molecular weight is 387 g/mol. The first-order chi connectivity index (χ1) is 13.3. The van der Waals surface area contributed by atoms with Crippen LogP contribution in [0, 0.1) is 6.92 Å². The van der Waals surface area contributed by atoms with Gasteiger partial charge >= 0.3 is 0 Å². The molecule has 0 saturated carbocycles. The zero-order valence-electron chi connectivity index (χ0n) is 17.0. The van der Waals surface area contributed by atoms with Gasteiger partial charge < -0.3 is 21.1 Å². The van der Waals surface area contributed by atoms with Crippen LogP contribution in [-0.4, -0.2) is 52.9 Å². The van der Waals surface area contributed by atoms with E-state index in [-0.39, 0.29) is 12.5 Å². The van der Waals surface area contributed by atoms with Crippen LogP contribution in [-0.2, 0) is 12.6 Å². The van der Waals surface area contributed by atoms with E-state index in [1.807, 2.05) is 32.0 Å². The third-order valence-electron chi connectivity index (χ3n) is 4.20. The number of hydrogen-bond acceptors (Lipinski definition) is 4. The first-order valence-corrected chi connectivity index (χ1v) is 9.40. The van der Waals surface area contributed by atoms with E-state index in [1.165, 1.54) is 0 Å². The Labute approximate surface area is 166 Å². The van der Waals surface area contributed by atoms with Crippen LogP contribution in [0.2, 0.25) is 0 Å². The molecule has 0 aliphatic heterocycles. The van der Waals surface area contributed by atoms with Gasteiger partial charge in [-0.25, -0.2) is 4.99 Å². The molecule has 0 radical (unpaired) electrons. The molecule has 1 amide bonds. The standard InChI is InChI=1S/C20H30N6O2/c1-5-21-19(24-14-20(3,28)17-12-25-26(4)13-17)23-10-9-22-18(27)16-8-6-7-15(2)11-16/h6-8,11-13,28H,5,9-10,14H2,1-4H3,(H,22,27)(H2,21,23,24). The molecule has 2 aromatic rings. The summed E-state index contributed by atoms with van der Waals surface area (Å²) in [5.74, 6) is 0.475. The number of carbonyl (C=O) groups excluding carboxylic acids is 1. The van der Waals surface area contributed by atoms with Crippen LogP contribution in [0.3, 0.4) is 0 Å². The van der Waals surface area contributed by atoms with Gasteiger partial charge in [0, 0.05) is 44.0 Å². The van der Waals surface area contributed by atoms with Crippen molar-refractivity contribution in [3.05, 3.63) is 53.3 Å². The number of benzene rings is 1. The second kappa shape index (κ2) is 9.89. The van der Waals surface area contributed by atoms with Crippen LogP contribution < -0.4 is 16.0 Å². The zero-order valence-corrected chi connectivity index (χ0v) is 17.0. The number of aromatic nitrogens is 2. The Hall–Kier alpha value is -2.87. The van der Waals surface area contributed by atoms with Gasteiger partial charge in [-0.3, -0.25) is 9.48 Å². The molecule has 2 rings (SSSR count). The van der Waals surface area contributed by atoms with E-state index in [0.29, 0.717) is 36.7 Å². The molecule has 0 fully saturated rings. The van der Waals surface area contributed by atoms with E-state index >= 15 is 0 Å². The highest BCUT2D eigenvalue weighted by molar-refractivity contribution is 5.94. The highest BCUT2D eigenvalue weighted by Crippen LogP contribution is 2.19. The van der Waals surface area contributed by atoms with Crippen LogP contribution in [0.1, 0.15) is 35.3 Å². The monoisotopic (exact) mass is 386 g/mol. The van der Waals surface area contributed by atoms with E-state index in [0.717, 1.165) is 5.56 Å². The summed E-state index contributed by atoms with van der Waals surface area (Å²) in [7, 11) is 1.81. The van der Waals surface area contributed by atoms with Crippen LogP contribution in [0.5, 0.6) is 0 Å². The van der Waals surface area contributed by atoms with Crippen molar-refractivity contribution >= 4 is 11.9 Å². The maximum atomic E-state index is 12.2. The van der Waals surface area contributed by atoms with Gasteiger partial charge in [0.1, 0.15) is 5.60 Å². The molecule has 4 N–H and O–H groups in total. The maximum absolute atomic E-state index is 12.2. The third-order valence-corrected chi connectivity index (χ3v) is 4.20. The SMILES string of the molecule is CCNC(=NCC(C)(O)c1cnn(C)c1)NCCNC(=O)c1cccc(C)c1. The molecule has 0 spiro atoms. The molecule has 8 nitrogen and oxygen atoms in total. The van der Waals surface area contributed by atoms with Gasteiger partial charge in [0.15, 0.2) is 5.96 Å². The summed E-state index contributed by atoms with van der Waals surface area (Å²) in [4.78, 5) is 16.6. The van der Waals surface area contributed by atoms with E-state index < -0.39 is 5.60 Å². The number of aliphatic hydroxyl groups is 1. The molecule has 28 heavy (non-hydrogen) atoms. The Bertz CT molecular complexity index is 813. The minimum absolute atomic E-state index is 0.105. The topological polar surface area (TPSA) is 104 Å². The fraction of sp³-hybridized carbons (Fsp3) is 0.450. The van der Waals surface area contributed by atoms with Crippen molar-refractivity contribution < 1.29 is 9.90 Å². The maximum Gasteiger partial charge on any atom is 0.251 e. The normalized spacial score (nSPS) is 13.7. The van der Waals surface area contributed by atoms with Gasteiger partial charge in [-0.1, -0.05) is 17.7 Å². The Balaban J connectivity index is 1.85. The fourth-order valence-electron chi connectivity index (χ4n) is 2.61. The van der Waals surface area contributed by atoms with Gasteiger partial charge in [-0.2, -0.15) is 5.10 Å². The summed E-state index contributed by atoms with van der Waals surface area (Å²) in [6.45, 7) is 7.47. The highest BCUT2D eigenvalue weighted by Gasteiger charge is 2.24. The molecule has 0 bridgehead atoms. The molecule has 0 aliphatic rings. The first-order valence-electron chi connectivity index (χ1n) is 9.40. The van der Waals surface area contributed by atoms with Crippen LogP contribution in [0.15, 0.2) is 41.7 Å². The van der Waals surface area contributed by atoms with Gasteiger partial charge in [0.05, 0.1) is 12.7 Å². The molecule has 1 aromatic carbocycles. The molecule has 8 heteroatoms. The Kier molecular flexibility index (Phi) is 7.57. The number of carbonyl (C=O) groups is 1. The number of aliphatic imine (C=N–C) groups is 1. The third kappa shape index (κ3) is 6.38. The van der Waals surface area contributed by atoms with Crippen molar-refractivity contribution in [1.29, 1.82) is 0 Å². The largest absolute Gasteiger partial charge is 0.383 e. The van der Waals surface area contributed by atoms with Gasteiger partial charge in [0.2, 0.25) is 0 Å². The average Bonchev–Trinajstić information content (AvgIpc) is 3.10. The molecule has 1 aromatic heterocycles. The lowest BCUT2D eigenvalue weighted by atomic mass is 10.0. The Morgan fingerprint density at radius 1 is 1.29 bits per heavy atom. The summed E-state index contributed by atoms with van der Waals surface area (Å²) in [6, 6.07) is 7.47. The van der Waals surface area contributed by atoms with Crippen molar-refractivity contribution in [2.75, 3.05) is 26.2 Å². The highest BCUT2D eigenvalue weighted by atomic mass is 16.3. The number of nitrogens with zero attached hydrogens (tertiary/aromatic N) is 3. The lowest BCUT2D eigenvalue weighted by molar-refractivity contribution is 0.0672. The summed E-state index contributed by atoms with van der Waals surface area (Å²) in [5, 5.41) is 23.9. The Morgan fingerprint density at radius 3 is 2.68 bits per heavy atom. The smallest absolute Gasteiger partial charge is 0.251 e. The molecule has 1 unspecified atom stereocenters. The minimum atomic E-state index is -1.12. The quantitative estimate of drug-likeness (QED) is 0.307. The molecular formula is C20H30N6O2. The summed E-state index contributed by atoms with van der Waals surface area (Å²) in [6.07, 6.45) is 3.41. The van der Waals surface area contributed by atoms with Gasteiger partial charge in [-0.15, -0.1) is 0 Å². The van der Waals surface area contributed by atoms with E-state index in [4.69, 9.17) is 0 Å². The molecule has 1 atom stereocenters.